The van der Waals surface area contributed by atoms with Crippen LogP contribution in [0, 0.1) is 5.41 Å². The van der Waals surface area contributed by atoms with Gasteiger partial charge < -0.3 is 10.1 Å². The number of halogens is 1. The fourth-order valence-corrected chi connectivity index (χ4v) is 2.74. The monoisotopic (exact) mass is 311 g/mol. The van der Waals surface area contributed by atoms with Crippen molar-refractivity contribution in [2.45, 2.75) is 19.8 Å². The van der Waals surface area contributed by atoms with E-state index in [9.17, 15) is 4.79 Å². The molecule has 98 valence electrons. The molecule has 1 fully saturated rings. The molecule has 4 heteroatoms. The molecule has 1 aliphatic heterocycles. The average Bonchev–Trinajstić information content (AvgIpc) is 2.78. The number of carbonyl (C=O) groups excluding carboxylic acids is 1. The predicted octanol–water partition coefficient (Wildman–Crippen LogP) is 2.57. The van der Waals surface area contributed by atoms with Gasteiger partial charge in [-0.1, -0.05) is 22.9 Å². The topological polar surface area (TPSA) is 38.3 Å². The molecule has 3 nitrogen and oxygen atoms in total. The second-order valence-corrected chi connectivity index (χ2v) is 5.96. The molecule has 1 unspecified atom stereocenters. The molecule has 0 saturated carbocycles. The smallest absolute Gasteiger partial charge is 0.144 e. The van der Waals surface area contributed by atoms with Crippen molar-refractivity contribution < 1.29 is 9.53 Å². The third-order valence-corrected chi connectivity index (χ3v) is 4.13. The predicted molar refractivity (Wildman–Crippen MR) is 75.0 cm³/mol. The highest BCUT2D eigenvalue weighted by atomic mass is 79.9. The van der Waals surface area contributed by atoms with Gasteiger partial charge in [0.05, 0.1) is 7.11 Å². The molecule has 1 aromatic rings. The lowest BCUT2D eigenvalue weighted by molar-refractivity contribution is -0.126. The van der Waals surface area contributed by atoms with Crippen molar-refractivity contribution in [1.29, 1.82) is 0 Å². The molecule has 0 radical (unpaired) electrons. The maximum atomic E-state index is 12.4. The van der Waals surface area contributed by atoms with Gasteiger partial charge in [-0.3, -0.25) is 4.79 Å². The van der Waals surface area contributed by atoms with Gasteiger partial charge in [0.25, 0.3) is 0 Å². The Bertz CT molecular complexity index is 453. The molecular formula is C14H18BrNO2. The van der Waals surface area contributed by atoms with Crippen molar-refractivity contribution in [1.82, 2.24) is 5.32 Å². The summed E-state index contributed by atoms with van der Waals surface area (Å²) >= 11 is 3.43. The second kappa shape index (κ2) is 5.41. The van der Waals surface area contributed by atoms with Gasteiger partial charge in [0.15, 0.2) is 0 Å². The summed E-state index contributed by atoms with van der Waals surface area (Å²) in [6, 6.07) is 5.77. The zero-order chi connectivity index (χ0) is 13.2. The molecule has 1 saturated heterocycles. The largest absolute Gasteiger partial charge is 0.496 e. The fourth-order valence-electron chi connectivity index (χ4n) is 2.33. The van der Waals surface area contributed by atoms with Crippen LogP contribution in [0.5, 0.6) is 5.75 Å². The average molecular weight is 312 g/mol. The lowest BCUT2D eigenvalue weighted by Crippen LogP contribution is -2.31. The first kappa shape index (κ1) is 13.6. The van der Waals surface area contributed by atoms with E-state index in [-0.39, 0.29) is 11.2 Å². The van der Waals surface area contributed by atoms with Crippen molar-refractivity contribution in [2.75, 3.05) is 20.2 Å². The van der Waals surface area contributed by atoms with E-state index in [2.05, 4.69) is 21.2 Å². The zero-order valence-corrected chi connectivity index (χ0v) is 12.3. The van der Waals surface area contributed by atoms with Crippen molar-refractivity contribution in [3.63, 3.8) is 0 Å². The molecule has 2 rings (SSSR count). The number of benzene rings is 1. The Morgan fingerprint density at radius 3 is 2.94 bits per heavy atom. The molecular weight excluding hydrogens is 294 g/mol. The Hall–Kier alpha value is -0.870. The summed E-state index contributed by atoms with van der Waals surface area (Å²) in [7, 11) is 1.63. The van der Waals surface area contributed by atoms with E-state index < -0.39 is 0 Å². The number of methoxy groups -OCH3 is 1. The molecule has 18 heavy (non-hydrogen) atoms. The SMILES string of the molecule is COc1ccc(Br)cc1CC(=O)C1(C)CCNC1. The van der Waals surface area contributed by atoms with Crippen molar-refractivity contribution in [2.24, 2.45) is 5.41 Å². The van der Waals surface area contributed by atoms with Gasteiger partial charge in [0, 0.05) is 28.4 Å². The lowest BCUT2D eigenvalue weighted by Gasteiger charge is -2.21. The maximum Gasteiger partial charge on any atom is 0.144 e. The van der Waals surface area contributed by atoms with Crippen LogP contribution in [0.25, 0.3) is 0 Å². The summed E-state index contributed by atoms with van der Waals surface area (Å²) in [5.41, 5.74) is 0.720. The first-order chi connectivity index (χ1) is 8.55. The number of rotatable bonds is 4. The van der Waals surface area contributed by atoms with E-state index in [4.69, 9.17) is 4.74 Å². The van der Waals surface area contributed by atoms with Gasteiger partial charge in [0.1, 0.15) is 11.5 Å². The Labute approximate surface area is 116 Å². The third-order valence-electron chi connectivity index (χ3n) is 3.64. The number of hydrogen-bond donors (Lipinski definition) is 1. The van der Waals surface area contributed by atoms with Crippen LogP contribution in [0.15, 0.2) is 22.7 Å². The van der Waals surface area contributed by atoms with Crippen LogP contribution in [0.2, 0.25) is 0 Å². The first-order valence-electron chi connectivity index (χ1n) is 6.11. The summed E-state index contributed by atoms with van der Waals surface area (Å²) < 4.78 is 6.28. The molecule has 1 heterocycles. The summed E-state index contributed by atoms with van der Waals surface area (Å²) in [6.45, 7) is 3.75. The normalized spacial score (nSPS) is 23.1. The first-order valence-corrected chi connectivity index (χ1v) is 6.91. The van der Waals surface area contributed by atoms with Gasteiger partial charge in [0.2, 0.25) is 0 Å². The number of ether oxygens (including phenoxy) is 1. The number of carbonyl (C=O) groups is 1. The molecule has 0 bridgehead atoms. The molecule has 0 aromatic heterocycles. The van der Waals surface area contributed by atoms with Crippen molar-refractivity contribution in [3.8, 4) is 5.75 Å². The van der Waals surface area contributed by atoms with Crippen LogP contribution < -0.4 is 10.1 Å². The fraction of sp³-hybridized carbons (Fsp3) is 0.500. The standard InChI is InChI=1S/C14H18BrNO2/c1-14(5-6-16-9-14)13(17)8-10-7-11(15)3-4-12(10)18-2/h3-4,7,16H,5-6,8-9H2,1-2H3. The van der Waals surface area contributed by atoms with E-state index in [0.29, 0.717) is 6.42 Å². The van der Waals surface area contributed by atoms with E-state index in [1.807, 2.05) is 25.1 Å². The van der Waals surface area contributed by atoms with Gasteiger partial charge in [-0.25, -0.2) is 0 Å². The van der Waals surface area contributed by atoms with E-state index in [1.54, 1.807) is 7.11 Å². The molecule has 1 N–H and O–H groups in total. The van der Waals surface area contributed by atoms with Crippen molar-refractivity contribution in [3.05, 3.63) is 28.2 Å². The van der Waals surface area contributed by atoms with E-state index >= 15 is 0 Å². The van der Waals surface area contributed by atoms with Crippen LogP contribution in [0.4, 0.5) is 0 Å². The molecule has 1 atom stereocenters. The van der Waals surface area contributed by atoms with Crippen LogP contribution in [0.3, 0.4) is 0 Å². The lowest BCUT2D eigenvalue weighted by atomic mass is 9.82. The highest BCUT2D eigenvalue weighted by molar-refractivity contribution is 9.10. The summed E-state index contributed by atoms with van der Waals surface area (Å²) in [4.78, 5) is 12.4. The Kier molecular flexibility index (Phi) is 4.07. The van der Waals surface area contributed by atoms with Crippen LogP contribution in [0.1, 0.15) is 18.9 Å². The molecule has 0 amide bonds. The second-order valence-electron chi connectivity index (χ2n) is 5.04. The zero-order valence-electron chi connectivity index (χ0n) is 10.8. The number of hydrogen-bond acceptors (Lipinski definition) is 3. The summed E-state index contributed by atoms with van der Waals surface area (Å²) in [6.07, 6.45) is 1.35. The highest BCUT2D eigenvalue weighted by Crippen LogP contribution is 2.30. The van der Waals surface area contributed by atoms with Gasteiger partial charge in [-0.2, -0.15) is 0 Å². The van der Waals surface area contributed by atoms with Crippen LogP contribution in [-0.2, 0) is 11.2 Å². The minimum Gasteiger partial charge on any atom is -0.496 e. The minimum absolute atomic E-state index is 0.229. The third kappa shape index (κ3) is 2.75. The summed E-state index contributed by atoms with van der Waals surface area (Å²) in [5, 5.41) is 3.26. The van der Waals surface area contributed by atoms with E-state index in [0.717, 1.165) is 35.3 Å². The molecule has 0 aliphatic carbocycles. The highest BCUT2D eigenvalue weighted by Gasteiger charge is 2.35. The number of ketones is 1. The molecule has 1 aliphatic rings. The van der Waals surface area contributed by atoms with Gasteiger partial charge in [-0.05, 0) is 31.2 Å². The summed E-state index contributed by atoms with van der Waals surface area (Å²) in [5.74, 6) is 1.06. The molecule has 0 spiro atoms. The van der Waals surface area contributed by atoms with Crippen LogP contribution >= 0.6 is 15.9 Å². The maximum absolute atomic E-state index is 12.4. The number of nitrogens with one attached hydrogen (secondary N) is 1. The minimum atomic E-state index is -0.229. The van der Waals surface area contributed by atoms with Gasteiger partial charge >= 0.3 is 0 Å². The molecule has 1 aromatic carbocycles. The van der Waals surface area contributed by atoms with Crippen LogP contribution in [-0.4, -0.2) is 26.0 Å². The van der Waals surface area contributed by atoms with Gasteiger partial charge in [-0.15, -0.1) is 0 Å². The Morgan fingerprint density at radius 2 is 2.33 bits per heavy atom. The Morgan fingerprint density at radius 1 is 1.56 bits per heavy atom. The number of Topliss-reactive ketones (excluding diaryl/α,β-unsaturated/α-hetero) is 1. The van der Waals surface area contributed by atoms with E-state index in [1.165, 1.54) is 0 Å². The Balaban J connectivity index is 2.18. The quantitative estimate of drug-likeness (QED) is 0.929. The van der Waals surface area contributed by atoms with Crippen molar-refractivity contribution >= 4 is 21.7 Å².